The minimum absolute atomic E-state index is 0.272. The number of pyridine rings is 2. The predicted octanol–water partition coefficient (Wildman–Crippen LogP) is 2.51. The first-order chi connectivity index (χ1) is 16.4. The number of alkyl halides is 1. The van der Waals surface area contributed by atoms with E-state index in [1.807, 2.05) is 17.2 Å². The second-order valence-corrected chi connectivity index (χ2v) is 9.27. The first-order valence-electron chi connectivity index (χ1n) is 11.8. The lowest BCUT2D eigenvalue weighted by atomic mass is 10.2. The van der Waals surface area contributed by atoms with Crippen LogP contribution >= 0.6 is 0 Å². The van der Waals surface area contributed by atoms with Crippen LogP contribution in [0.3, 0.4) is 0 Å². The highest BCUT2D eigenvalue weighted by molar-refractivity contribution is 5.89. The molecule has 3 aromatic heterocycles. The molecule has 2 aliphatic rings. The van der Waals surface area contributed by atoms with E-state index in [9.17, 15) is 9.50 Å². The number of hydrogen-bond acceptors (Lipinski definition) is 9. The third-order valence-corrected chi connectivity index (χ3v) is 6.49. The molecule has 0 spiro atoms. The maximum absolute atomic E-state index is 13.9. The van der Waals surface area contributed by atoms with Crippen molar-refractivity contribution in [2.75, 3.05) is 56.5 Å². The standard InChI is InChI=1S/C24H31FN8O/c1-16(34)20-11-18-13-27-24(30-22(18)23(28-20)33-6-5-19(25)15-33)29-21-4-3-17(12-26-21)14-32-9-7-31(2)8-10-32/h3-4,11-13,16,19,34H,5-10,14-15H2,1-2H3,(H,26,27,29,30)/t16?,19-/m0/s1. The summed E-state index contributed by atoms with van der Waals surface area (Å²) in [5.74, 6) is 1.63. The van der Waals surface area contributed by atoms with Crippen molar-refractivity contribution < 1.29 is 9.50 Å². The number of nitrogens with zero attached hydrogens (tertiary/aromatic N) is 7. The molecule has 2 N–H and O–H groups in total. The Morgan fingerprint density at radius 1 is 1.12 bits per heavy atom. The van der Waals surface area contributed by atoms with Gasteiger partial charge >= 0.3 is 0 Å². The Hall–Kier alpha value is -2.95. The Morgan fingerprint density at radius 2 is 1.94 bits per heavy atom. The summed E-state index contributed by atoms with van der Waals surface area (Å²) in [6.07, 6.45) is 2.42. The van der Waals surface area contributed by atoms with Gasteiger partial charge in [-0.2, -0.15) is 0 Å². The molecule has 9 nitrogen and oxygen atoms in total. The molecule has 2 saturated heterocycles. The highest BCUT2D eigenvalue weighted by atomic mass is 19.1. The van der Waals surface area contributed by atoms with E-state index in [0.29, 0.717) is 41.8 Å². The second-order valence-electron chi connectivity index (χ2n) is 9.27. The molecule has 2 atom stereocenters. The van der Waals surface area contributed by atoms with Crippen molar-refractivity contribution in [2.24, 2.45) is 0 Å². The maximum atomic E-state index is 13.9. The lowest BCUT2D eigenvalue weighted by Crippen LogP contribution is -2.43. The molecule has 5 rings (SSSR count). The molecule has 34 heavy (non-hydrogen) atoms. The zero-order valence-electron chi connectivity index (χ0n) is 19.7. The van der Waals surface area contributed by atoms with Crippen LogP contribution in [0.1, 0.15) is 30.7 Å². The smallest absolute Gasteiger partial charge is 0.229 e. The molecule has 5 heterocycles. The molecule has 0 amide bonds. The van der Waals surface area contributed by atoms with Crippen LogP contribution in [0.25, 0.3) is 10.9 Å². The van der Waals surface area contributed by atoms with Gasteiger partial charge < -0.3 is 20.2 Å². The number of nitrogens with one attached hydrogen (secondary N) is 1. The number of halogens is 1. The molecule has 0 saturated carbocycles. The molecule has 2 aliphatic heterocycles. The van der Waals surface area contributed by atoms with Crippen molar-refractivity contribution >= 4 is 28.5 Å². The fourth-order valence-corrected chi connectivity index (χ4v) is 4.42. The molecule has 10 heteroatoms. The van der Waals surface area contributed by atoms with Crippen LogP contribution in [-0.2, 0) is 6.54 Å². The van der Waals surface area contributed by atoms with Crippen LogP contribution in [0.4, 0.5) is 22.0 Å². The molecular formula is C24H31FN8O. The van der Waals surface area contributed by atoms with Gasteiger partial charge in [-0.15, -0.1) is 0 Å². The third-order valence-electron chi connectivity index (χ3n) is 6.49. The summed E-state index contributed by atoms with van der Waals surface area (Å²) in [6, 6.07) is 5.78. The van der Waals surface area contributed by atoms with Crippen molar-refractivity contribution in [1.82, 2.24) is 29.7 Å². The highest BCUT2D eigenvalue weighted by Gasteiger charge is 2.26. The Balaban J connectivity index is 1.35. The fraction of sp³-hybridized carbons (Fsp3) is 0.500. The topological polar surface area (TPSA) is 93.5 Å². The van der Waals surface area contributed by atoms with Crippen molar-refractivity contribution in [2.45, 2.75) is 32.2 Å². The van der Waals surface area contributed by atoms with Crippen molar-refractivity contribution in [3.8, 4) is 0 Å². The first-order valence-corrected chi connectivity index (χ1v) is 11.8. The number of anilines is 3. The van der Waals surface area contributed by atoms with Crippen molar-refractivity contribution in [3.63, 3.8) is 0 Å². The van der Waals surface area contributed by atoms with Gasteiger partial charge in [-0.25, -0.2) is 24.3 Å². The highest BCUT2D eigenvalue weighted by Crippen LogP contribution is 2.30. The summed E-state index contributed by atoms with van der Waals surface area (Å²) in [4.78, 5) is 24.9. The largest absolute Gasteiger partial charge is 0.387 e. The number of aromatic nitrogens is 4. The summed E-state index contributed by atoms with van der Waals surface area (Å²) in [7, 11) is 2.15. The van der Waals surface area contributed by atoms with Gasteiger partial charge in [0.2, 0.25) is 5.95 Å². The van der Waals surface area contributed by atoms with Crippen LogP contribution < -0.4 is 10.2 Å². The van der Waals surface area contributed by atoms with E-state index in [-0.39, 0.29) is 6.54 Å². The van der Waals surface area contributed by atoms with E-state index in [1.54, 1.807) is 19.2 Å². The molecular weight excluding hydrogens is 435 g/mol. The summed E-state index contributed by atoms with van der Waals surface area (Å²) in [5.41, 5.74) is 2.32. The number of likely N-dealkylation sites (N-methyl/N-ethyl adjacent to an activating group) is 1. The van der Waals surface area contributed by atoms with Gasteiger partial charge in [-0.05, 0) is 38.1 Å². The van der Waals surface area contributed by atoms with E-state index < -0.39 is 12.3 Å². The number of aliphatic hydroxyl groups is 1. The monoisotopic (exact) mass is 466 g/mol. The Morgan fingerprint density at radius 3 is 2.62 bits per heavy atom. The third kappa shape index (κ3) is 5.08. The average Bonchev–Trinajstić information content (AvgIpc) is 3.27. The summed E-state index contributed by atoms with van der Waals surface area (Å²) >= 11 is 0. The molecule has 180 valence electrons. The van der Waals surface area contributed by atoms with Crippen LogP contribution in [-0.4, -0.2) is 87.3 Å². The van der Waals surface area contributed by atoms with E-state index in [0.717, 1.165) is 38.1 Å². The van der Waals surface area contributed by atoms with Crippen LogP contribution in [0, 0.1) is 0 Å². The number of piperazine rings is 1. The number of fused-ring (bicyclic) bond motifs is 1. The molecule has 1 unspecified atom stereocenters. The Kier molecular flexibility index (Phi) is 6.53. The minimum atomic E-state index is -0.889. The summed E-state index contributed by atoms with van der Waals surface area (Å²) < 4.78 is 13.9. The van der Waals surface area contributed by atoms with Crippen LogP contribution in [0.15, 0.2) is 30.6 Å². The molecule has 0 bridgehead atoms. The van der Waals surface area contributed by atoms with Crippen molar-refractivity contribution in [1.29, 1.82) is 0 Å². The normalized spacial score (nSPS) is 20.7. The van der Waals surface area contributed by atoms with E-state index >= 15 is 0 Å². The second kappa shape index (κ2) is 9.73. The predicted molar refractivity (Wildman–Crippen MR) is 130 cm³/mol. The van der Waals surface area contributed by atoms with Gasteiger partial charge in [0.05, 0.1) is 18.3 Å². The number of aliphatic hydroxyl groups excluding tert-OH is 1. The average molecular weight is 467 g/mol. The molecule has 3 aromatic rings. The molecule has 0 aromatic carbocycles. The van der Waals surface area contributed by atoms with Crippen LogP contribution in [0.5, 0.6) is 0 Å². The fourth-order valence-electron chi connectivity index (χ4n) is 4.42. The number of hydrogen-bond donors (Lipinski definition) is 2. The Bertz CT molecular complexity index is 1130. The van der Waals surface area contributed by atoms with Gasteiger partial charge in [0.1, 0.15) is 17.5 Å². The SMILES string of the molecule is CC(O)c1cc2cnc(Nc3ccc(CN4CCN(C)CC4)cn3)nc2c(N2CC[C@H](F)C2)n1. The zero-order valence-corrected chi connectivity index (χ0v) is 19.7. The lowest BCUT2D eigenvalue weighted by Gasteiger charge is -2.32. The van der Waals surface area contributed by atoms with E-state index in [4.69, 9.17) is 0 Å². The Labute approximate surface area is 198 Å². The van der Waals surface area contributed by atoms with Gasteiger partial charge in [-0.3, -0.25) is 4.90 Å². The minimum Gasteiger partial charge on any atom is -0.387 e. The number of rotatable bonds is 6. The van der Waals surface area contributed by atoms with Gasteiger partial charge in [-0.1, -0.05) is 6.07 Å². The zero-order chi connectivity index (χ0) is 23.7. The van der Waals surface area contributed by atoms with Gasteiger partial charge in [0.15, 0.2) is 5.82 Å². The molecule has 0 radical (unpaired) electrons. The van der Waals surface area contributed by atoms with E-state index in [1.165, 1.54) is 5.56 Å². The van der Waals surface area contributed by atoms with Crippen molar-refractivity contribution in [3.05, 3.63) is 41.9 Å². The summed E-state index contributed by atoms with van der Waals surface area (Å²) in [6.45, 7) is 7.69. The molecule has 0 aliphatic carbocycles. The van der Waals surface area contributed by atoms with E-state index in [2.05, 4.69) is 48.2 Å². The van der Waals surface area contributed by atoms with Gasteiger partial charge in [0.25, 0.3) is 0 Å². The molecule has 2 fully saturated rings. The quantitative estimate of drug-likeness (QED) is 0.568. The summed E-state index contributed by atoms with van der Waals surface area (Å²) in [5, 5.41) is 14.0. The van der Waals surface area contributed by atoms with Crippen LogP contribution in [0.2, 0.25) is 0 Å². The first kappa shape index (κ1) is 22.8. The lowest BCUT2D eigenvalue weighted by molar-refractivity contribution is 0.148. The van der Waals surface area contributed by atoms with Gasteiger partial charge in [0, 0.05) is 57.0 Å². The maximum Gasteiger partial charge on any atom is 0.229 e.